The summed E-state index contributed by atoms with van der Waals surface area (Å²) in [7, 11) is 0. The Hall–Kier alpha value is -2.69. The predicted octanol–water partition coefficient (Wildman–Crippen LogP) is 3.79. The summed E-state index contributed by atoms with van der Waals surface area (Å²) in [4.78, 5) is 14.6. The molecule has 1 unspecified atom stereocenters. The van der Waals surface area contributed by atoms with Crippen LogP contribution < -0.4 is 20.7 Å². The highest BCUT2D eigenvalue weighted by Crippen LogP contribution is 2.34. The quantitative estimate of drug-likeness (QED) is 0.824. The molecule has 5 heteroatoms. The van der Waals surface area contributed by atoms with Crippen molar-refractivity contribution in [3.63, 3.8) is 0 Å². The Balaban J connectivity index is 1.70. The Morgan fingerprint density at radius 1 is 1.23 bits per heavy atom. The number of amides is 1. The van der Waals surface area contributed by atoms with Crippen LogP contribution in [0, 0.1) is 0 Å². The minimum Gasteiger partial charge on any atom is -0.487 e. The van der Waals surface area contributed by atoms with E-state index in [2.05, 4.69) is 38.2 Å². The molecule has 0 radical (unpaired) electrons. The maximum Gasteiger partial charge on any atom is 0.243 e. The predicted molar refractivity (Wildman–Crippen MR) is 107 cm³/mol. The largest absolute Gasteiger partial charge is 0.487 e. The van der Waals surface area contributed by atoms with Crippen LogP contribution in [0.25, 0.3) is 0 Å². The molecule has 0 saturated carbocycles. The van der Waals surface area contributed by atoms with Crippen molar-refractivity contribution in [3.8, 4) is 5.75 Å². The van der Waals surface area contributed by atoms with E-state index in [9.17, 15) is 4.79 Å². The fourth-order valence-corrected chi connectivity index (χ4v) is 3.12. The first kappa shape index (κ1) is 18.1. The SMILES string of the molecule is CC1CN(CC(=O)Nc2ccc(C(C)(C)C)cc2)c2cc(N)ccc2O1. The minimum absolute atomic E-state index is 0.0185. The van der Waals surface area contributed by atoms with E-state index in [1.807, 2.05) is 42.2 Å². The maximum atomic E-state index is 12.5. The number of nitrogens with two attached hydrogens (primary N) is 1. The molecule has 26 heavy (non-hydrogen) atoms. The van der Waals surface area contributed by atoms with Crippen molar-refractivity contribution in [1.29, 1.82) is 0 Å². The molecule has 1 heterocycles. The Morgan fingerprint density at radius 2 is 1.92 bits per heavy atom. The Morgan fingerprint density at radius 3 is 2.58 bits per heavy atom. The number of hydrogen-bond acceptors (Lipinski definition) is 4. The van der Waals surface area contributed by atoms with E-state index in [1.165, 1.54) is 5.56 Å². The van der Waals surface area contributed by atoms with Gasteiger partial charge in [-0.3, -0.25) is 4.79 Å². The van der Waals surface area contributed by atoms with Crippen molar-refractivity contribution < 1.29 is 9.53 Å². The Kier molecular flexibility index (Phi) is 4.81. The first-order valence-corrected chi connectivity index (χ1v) is 8.94. The van der Waals surface area contributed by atoms with Gasteiger partial charge in [-0.25, -0.2) is 0 Å². The topological polar surface area (TPSA) is 67.6 Å². The summed E-state index contributed by atoms with van der Waals surface area (Å²) in [6.45, 7) is 9.41. The molecule has 138 valence electrons. The van der Waals surface area contributed by atoms with Gasteiger partial charge in [0.25, 0.3) is 0 Å². The number of fused-ring (bicyclic) bond motifs is 1. The molecule has 3 rings (SSSR count). The highest BCUT2D eigenvalue weighted by Gasteiger charge is 2.24. The Bertz CT molecular complexity index is 794. The number of nitrogens with one attached hydrogen (secondary N) is 1. The third-order valence-electron chi connectivity index (χ3n) is 4.50. The molecular formula is C21H27N3O2. The van der Waals surface area contributed by atoms with Crippen LogP contribution in [-0.4, -0.2) is 25.1 Å². The van der Waals surface area contributed by atoms with E-state index in [4.69, 9.17) is 10.5 Å². The van der Waals surface area contributed by atoms with E-state index in [0.717, 1.165) is 17.1 Å². The van der Waals surface area contributed by atoms with E-state index < -0.39 is 0 Å². The van der Waals surface area contributed by atoms with Crippen molar-refractivity contribution >= 4 is 23.0 Å². The molecule has 0 saturated heterocycles. The van der Waals surface area contributed by atoms with Gasteiger partial charge in [0.2, 0.25) is 5.91 Å². The minimum atomic E-state index is -0.0593. The lowest BCUT2D eigenvalue weighted by Crippen LogP contribution is -2.42. The molecule has 0 fully saturated rings. The molecular weight excluding hydrogens is 326 g/mol. The van der Waals surface area contributed by atoms with Gasteiger partial charge in [-0.15, -0.1) is 0 Å². The molecule has 1 aliphatic rings. The van der Waals surface area contributed by atoms with Crippen LogP contribution in [0.3, 0.4) is 0 Å². The third kappa shape index (κ3) is 4.10. The van der Waals surface area contributed by atoms with Crippen molar-refractivity contribution in [2.75, 3.05) is 29.0 Å². The second kappa shape index (κ2) is 6.90. The average molecular weight is 353 g/mol. The summed E-state index contributed by atoms with van der Waals surface area (Å²) in [6, 6.07) is 13.5. The van der Waals surface area contributed by atoms with Crippen LogP contribution >= 0.6 is 0 Å². The number of rotatable bonds is 3. The van der Waals surface area contributed by atoms with Crippen molar-refractivity contribution in [2.24, 2.45) is 0 Å². The number of carbonyl (C=O) groups excluding carboxylic acids is 1. The first-order valence-electron chi connectivity index (χ1n) is 8.94. The molecule has 0 aliphatic carbocycles. The molecule has 1 amide bonds. The fraction of sp³-hybridized carbons (Fsp3) is 0.381. The molecule has 2 aromatic rings. The molecule has 0 bridgehead atoms. The summed E-state index contributed by atoms with van der Waals surface area (Å²) < 4.78 is 5.83. The molecule has 5 nitrogen and oxygen atoms in total. The number of nitrogen functional groups attached to an aromatic ring is 1. The zero-order valence-corrected chi connectivity index (χ0v) is 15.9. The van der Waals surface area contributed by atoms with Gasteiger partial charge >= 0.3 is 0 Å². The molecule has 3 N–H and O–H groups in total. The molecule has 0 aromatic heterocycles. The normalized spacial score (nSPS) is 16.6. The zero-order chi connectivity index (χ0) is 18.9. The van der Waals surface area contributed by atoms with Crippen LogP contribution in [0.2, 0.25) is 0 Å². The monoisotopic (exact) mass is 353 g/mol. The Labute approximate surface area is 155 Å². The summed E-state index contributed by atoms with van der Waals surface area (Å²) >= 11 is 0. The lowest BCUT2D eigenvalue weighted by Gasteiger charge is -2.34. The average Bonchev–Trinajstić information content (AvgIpc) is 2.55. The lowest BCUT2D eigenvalue weighted by atomic mass is 9.87. The van der Waals surface area contributed by atoms with Crippen LogP contribution in [0.15, 0.2) is 42.5 Å². The zero-order valence-electron chi connectivity index (χ0n) is 15.9. The number of carbonyl (C=O) groups is 1. The van der Waals surface area contributed by atoms with Gasteiger partial charge in [-0.1, -0.05) is 32.9 Å². The van der Waals surface area contributed by atoms with Crippen LogP contribution in [-0.2, 0) is 10.2 Å². The number of nitrogens with zero attached hydrogens (tertiary/aromatic N) is 1. The van der Waals surface area contributed by atoms with Gasteiger partial charge in [0.15, 0.2) is 0 Å². The van der Waals surface area contributed by atoms with E-state index in [0.29, 0.717) is 12.2 Å². The van der Waals surface area contributed by atoms with Gasteiger partial charge in [0.1, 0.15) is 11.9 Å². The number of ether oxygens (including phenoxy) is 1. The smallest absolute Gasteiger partial charge is 0.243 e. The highest BCUT2D eigenvalue weighted by molar-refractivity contribution is 5.94. The molecule has 1 atom stereocenters. The summed E-state index contributed by atoms with van der Waals surface area (Å²) in [5.74, 6) is 0.705. The second-order valence-corrected chi connectivity index (χ2v) is 7.91. The number of benzene rings is 2. The number of anilines is 3. The van der Waals surface area contributed by atoms with Gasteiger partial charge in [0, 0.05) is 11.4 Å². The number of hydrogen-bond donors (Lipinski definition) is 2. The van der Waals surface area contributed by atoms with Gasteiger partial charge in [0.05, 0.1) is 18.8 Å². The van der Waals surface area contributed by atoms with E-state index in [1.54, 1.807) is 0 Å². The van der Waals surface area contributed by atoms with Gasteiger partial charge < -0.3 is 20.7 Å². The maximum absolute atomic E-state index is 12.5. The van der Waals surface area contributed by atoms with E-state index >= 15 is 0 Å². The van der Waals surface area contributed by atoms with Crippen molar-refractivity contribution in [3.05, 3.63) is 48.0 Å². The van der Waals surface area contributed by atoms with Crippen LogP contribution in [0.4, 0.5) is 17.1 Å². The van der Waals surface area contributed by atoms with Gasteiger partial charge in [-0.05, 0) is 48.2 Å². The first-order chi connectivity index (χ1) is 12.2. The highest BCUT2D eigenvalue weighted by atomic mass is 16.5. The summed E-state index contributed by atoms with van der Waals surface area (Å²) in [5.41, 5.74) is 9.55. The standard InChI is InChI=1S/C21H27N3O2/c1-14-12-24(18-11-16(22)7-10-19(18)26-14)13-20(25)23-17-8-5-15(6-9-17)21(2,3)4/h5-11,14H,12-13,22H2,1-4H3,(H,23,25). The molecule has 1 aliphatic heterocycles. The van der Waals surface area contributed by atoms with Crippen molar-refractivity contribution in [2.45, 2.75) is 39.2 Å². The van der Waals surface area contributed by atoms with Crippen LogP contribution in [0.1, 0.15) is 33.3 Å². The third-order valence-corrected chi connectivity index (χ3v) is 4.50. The second-order valence-electron chi connectivity index (χ2n) is 7.91. The summed E-state index contributed by atoms with van der Waals surface area (Å²) in [5, 5.41) is 2.98. The van der Waals surface area contributed by atoms with Gasteiger partial charge in [-0.2, -0.15) is 0 Å². The van der Waals surface area contributed by atoms with E-state index in [-0.39, 0.29) is 24.0 Å². The van der Waals surface area contributed by atoms with Crippen molar-refractivity contribution in [1.82, 2.24) is 0 Å². The molecule has 0 spiro atoms. The lowest BCUT2D eigenvalue weighted by molar-refractivity contribution is -0.115. The summed E-state index contributed by atoms with van der Waals surface area (Å²) in [6.07, 6.45) is 0.0185. The molecule has 2 aromatic carbocycles. The van der Waals surface area contributed by atoms with Crippen LogP contribution in [0.5, 0.6) is 5.75 Å². The fourth-order valence-electron chi connectivity index (χ4n) is 3.12.